The van der Waals surface area contributed by atoms with Gasteiger partial charge in [0.2, 0.25) is 11.8 Å². The summed E-state index contributed by atoms with van der Waals surface area (Å²) in [6, 6.07) is 23.9. The van der Waals surface area contributed by atoms with Crippen LogP contribution in [0.2, 0.25) is 0 Å². The molecule has 0 unspecified atom stereocenters. The maximum absolute atomic E-state index is 12.2. The highest BCUT2D eigenvalue weighted by atomic mass is 16.2. The lowest BCUT2D eigenvalue weighted by Gasteiger charge is -2.09. The third kappa shape index (κ3) is 6.89. The maximum atomic E-state index is 12.2. The predicted octanol–water partition coefficient (Wildman–Crippen LogP) is 4.02. The highest BCUT2D eigenvalue weighted by Gasteiger charge is 2.06. The Bertz CT molecular complexity index is 914. The van der Waals surface area contributed by atoms with Gasteiger partial charge in [0.05, 0.1) is 12.8 Å². The molecule has 4 heteroatoms. The third-order valence-corrected chi connectivity index (χ3v) is 4.94. The standard InChI is InChI=1S/C26H28N2O2/c1-19-6-10-21(11-7-19)15-25(29)27-17-23-4-3-5-24(14-23)18-28-26(30)16-22-12-8-20(2)9-13-22/h3-14H,15-18H2,1-2H3,(H,27,29)(H,28,30). The fourth-order valence-corrected chi connectivity index (χ4v) is 3.16. The first-order valence-electron chi connectivity index (χ1n) is 10.2. The summed E-state index contributed by atoms with van der Waals surface area (Å²) >= 11 is 0. The quantitative estimate of drug-likeness (QED) is 0.600. The monoisotopic (exact) mass is 400 g/mol. The van der Waals surface area contributed by atoms with E-state index < -0.39 is 0 Å². The van der Waals surface area contributed by atoms with Crippen LogP contribution in [0.1, 0.15) is 33.4 Å². The summed E-state index contributed by atoms with van der Waals surface area (Å²) in [6.45, 7) is 5.00. The lowest BCUT2D eigenvalue weighted by Crippen LogP contribution is -2.25. The van der Waals surface area contributed by atoms with Crippen LogP contribution in [0.15, 0.2) is 72.8 Å². The van der Waals surface area contributed by atoms with E-state index in [1.54, 1.807) is 0 Å². The minimum atomic E-state index is -0.00402. The molecule has 3 aromatic carbocycles. The Labute approximate surface area is 178 Å². The molecule has 0 radical (unpaired) electrons. The van der Waals surface area contributed by atoms with E-state index in [1.807, 2.05) is 86.6 Å². The van der Waals surface area contributed by atoms with Gasteiger partial charge in [-0.15, -0.1) is 0 Å². The number of carbonyl (C=O) groups excluding carboxylic acids is 2. The van der Waals surface area contributed by atoms with Crippen molar-refractivity contribution in [2.24, 2.45) is 0 Å². The van der Waals surface area contributed by atoms with Crippen molar-refractivity contribution in [1.82, 2.24) is 10.6 Å². The number of carbonyl (C=O) groups is 2. The molecule has 3 aromatic rings. The van der Waals surface area contributed by atoms with Crippen molar-refractivity contribution >= 4 is 11.8 Å². The highest BCUT2D eigenvalue weighted by molar-refractivity contribution is 5.79. The fraction of sp³-hybridized carbons (Fsp3) is 0.231. The minimum absolute atomic E-state index is 0.00402. The molecular weight excluding hydrogens is 372 g/mol. The Morgan fingerprint density at radius 2 is 1.00 bits per heavy atom. The predicted molar refractivity (Wildman–Crippen MR) is 120 cm³/mol. The van der Waals surface area contributed by atoms with Crippen LogP contribution in [0, 0.1) is 13.8 Å². The lowest BCUT2D eigenvalue weighted by atomic mass is 10.1. The van der Waals surface area contributed by atoms with Crippen molar-refractivity contribution in [2.75, 3.05) is 0 Å². The van der Waals surface area contributed by atoms with Crippen LogP contribution in [-0.4, -0.2) is 11.8 Å². The minimum Gasteiger partial charge on any atom is -0.352 e. The van der Waals surface area contributed by atoms with Gasteiger partial charge in [0.1, 0.15) is 0 Å². The Hall–Kier alpha value is -3.40. The van der Waals surface area contributed by atoms with E-state index in [0.29, 0.717) is 25.9 Å². The smallest absolute Gasteiger partial charge is 0.224 e. The van der Waals surface area contributed by atoms with Crippen LogP contribution < -0.4 is 10.6 Å². The van der Waals surface area contributed by atoms with Crippen LogP contribution >= 0.6 is 0 Å². The zero-order chi connectivity index (χ0) is 21.3. The van der Waals surface area contributed by atoms with Crippen LogP contribution in [-0.2, 0) is 35.5 Å². The van der Waals surface area contributed by atoms with Crippen molar-refractivity contribution in [1.29, 1.82) is 0 Å². The van der Waals surface area contributed by atoms with Crippen molar-refractivity contribution in [2.45, 2.75) is 39.8 Å². The van der Waals surface area contributed by atoms with Crippen molar-refractivity contribution in [3.63, 3.8) is 0 Å². The number of rotatable bonds is 8. The summed E-state index contributed by atoms with van der Waals surface area (Å²) in [5, 5.41) is 5.93. The topological polar surface area (TPSA) is 58.2 Å². The third-order valence-electron chi connectivity index (χ3n) is 4.94. The van der Waals surface area contributed by atoms with Gasteiger partial charge in [0.15, 0.2) is 0 Å². The fourth-order valence-electron chi connectivity index (χ4n) is 3.16. The second-order valence-corrected chi connectivity index (χ2v) is 7.70. The molecule has 0 saturated carbocycles. The molecule has 2 N–H and O–H groups in total. The number of nitrogens with one attached hydrogen (secondary N) is 2. The summed E-state index contributed by atoms with van der Waals surface area (Å²) in [5.74, 6) is -0.00804. The van der Waals surface area contributed by atoms with Gasteiger partial charge in [-0.3, -0.25) is 9.59 Å². The number of amides is 2. The molecular formula is C26H28N2O2. The zero-order valence-corrected chi connectivity index (χ0v) is 17.6. The molecule has 0 fully saturated rings. The average molecular weight is 401 g/mol. The van der Waals surface area contributed by atoms with E-state index in [0.717, 1.165) is 22.3 Å². The van der Waals surface area contributed by atoms with Crippen molar-refractivity contribution in [3.05, 3.63) is 106 Å². The Morgan fingerprint density at radius 1 is 0.600 bits per heavy atom. The molecule has 0 heterocycles. The van der Waals surface area contributed by atoms with Gasteiger partial charge in [-0.05, 0) is 36.1 Å². The first-order valence-corrected chi connectivity index (χ1v) is 10.2. The maximum Gasteiger partial charge on any atom is 0.224 e. The van der Waals surface area contributed by atoms with E-state index >= 15 is 0 Å². The van der Waals surface area contributed by atoms with Gasteiger partial charge in [-0.1, -0.05) is 83.9 Å². The average Bonchev–Trinajstić information content (AvgIpc) is 2.74. The molecule has 0 aliphatic rings. The number of benzene rings is 3. The molecule has 154 valence electrons. The molecule has 0 aliphatic heterocycles. The Kier molecular flexibility index (Phi) is 7.39. The molecule has 0 bridgehead atoms. The lowest BCUT2D eigenvalue weighted by molar-refractivity contribution is -0.121. The molecule has 0 saturated heterocycles. The molecule has 0 aliphatic carbocycles. The Balaban J connectivity index is 1.45. The van der Waals surface area contributed by atoms with Crippen molar-refractivity contribution in [3.8, 4) is 0 Å². The molecule has 0 atom stereocenters. The summed E-state index contributed by atoms with van der Waals surface area (Å²) < 4.78 is 0. The second-order valence-electron chi connectivity index (χ2n) is 7.70. The number of hydrogen-bond donors (Lipinski definition) is 2. The van der Waals surface area contributed by atoms with E-state index in [-0.39, 0.29) is 11.8 Å². The van der Waals surface area contributed by atoms with Crippen molar-refractivity contribution < 1.29 is 9.59 Å². The first-order chi connectivity index (χ1) is 14.5. The SMILES string of the molecule is Cc1ccc(CC(=O)NCc2cccc(CNC(=O)Cc3ccc(C)cc3)c2)cc1. The van der Waals surface area contributed by atoms with Crippen LogP contribution in [0.4, 0.5) is 0 Å². The van der Waals surface area contributed by atoms with Gasteiger partial charge < -0.3 is 10.6 Å². The van der Waals surface area contributed by atoms with Gasteiger partial charge in [-0.25, -0.2) is 0 Å². The highest BCUT2D eigenvalue weighted by Crippen LogP contribution is 2.08. The Morgan fingerprint density at radius 3 is 1.40 bits per heavy atom. The summed E-state index contributed by atoms with van der Waals surface area (Å²) in [4.78, 5) is 24.4. The summed E-state index contributed by atoms with van der Waals surface area (Å²) in [7, 11) is 0. The van der Waals surface area contributed by atoms with E-state index in [9.17, 15) is 9.59 Å². The van der Waals surface area contributed by atoms with E-state index in [4.69, 9.17) is 0 Å². The molecule has 30 heavy (non-hydrogen) atoms. The van der Waals surface area contributed by atoms with Gasteiger partial charge in [-0.2, -0.15) is 0 Å². The van der Waals surface area contributed by atoms with Crippen LogP contribution in [0.25, 0.3) is 0 Å². The first kappa shape index (κ1) is 21.3. The zero-order valence-electron chi connectivity index (χ0n) is 17.6. The number of hydrogen-bond acceptors (Lipinski definition) is 2. The summed E-state index contributed by atoms with van der Waals surface area (Å²) in [6.07, 6.45) is 0.740. The molecule has 3 rings (SSSR count). The summed E-state index contributed by atoms with van der Waals surface area (Å²) in [5.41, 5.74) is 6.39. The second kappa shape index (κ2) is 10.4. The molecule has 4 nitrogen and oxygen atoms in total. The number of aryl methyl sites for hydroxylation is 2. The van der Waals surface area contributed by atoms with E-state index in [2.05, 4.69) is 10.6 Å². The van der Waals surface area contributed by atoms with Gasteiger partial charge in [0, 0.05) is 13.1 Å². The van der Waals surface area contributed by atoms with Gasteiger partial charge in [0.25, 0.3) is 0 Å². The van der Waals surface area contributed by atoms with Gasteiger partial charge >= 0.3 is 0 Å². The van der Waals surface area contributed by atoms with E-state index in [1.165, 1.54) is 11.1 Å². The molecule has 0 aromatic heterocycles. The normalized spacial score (nSPS) is 10.5. The largest absolute Gasteiger partial charge is 0.352 e. The van der Waals surface area contributed by atoms with Crippen LogP contribution in [0.5, 0.6) is 0 Å². The molecule has 0 spiro atoms. The van der Waals surface area contributed by atoms with Crippen LogP contribution in [0.3, 0.4) is 0 Å². The molecule has 2 amide bonds.